The molecule has 0 bridgehead atoms. The number of nitrogens with one attached hydrogen (secondary N) is 1. The number of amides is 2. The van der Waals surface area contributed by atoms with E-state index < -0.39 is 23.7 Å². The summed E-state index contributed by atoms with van der Waals surface area (Å²) in [7, 11) is 0. The van der Waals surface area contributed by atoms with Gasteiger partial charge in [0, 0.05) is 29.8 Å². The van der Waals surface area contributed by atoms with Crippen LogP contribution in [0.25, 0.3) is 0 Å². The lowest BCUT2D eigenvalue weighted by molar-refractivity contribution is -0.117. The summed E-state index contributed by atoms with van der Waals surface area (Å²) < 4.78 is 24.4. The quantitative estimate of drug-likeness (QED) is 0.427. The van der Waals surface area contributed by atoms with Gasteiger partial charge in [-0.1, -0.05) is 29.8 Å². The van der Waals surface area contributed by atoms with Gasteiger partial charge in [-0.25, -0.2) is 9.37 Å². The fraction of sp³-hybridized carbons (Fsp3) is 0.111. The highest BCUT2D eigenvalue weighted by Gasteiger charge is 2.35. The Morgan fingerprint density at radius 3 is 2.44 bits per heavy atom. The number of carbonyl (C=O) groups excluding carboxylic acids is 2. The van der Waals surface area contributed by atoms with E-state index >= 15 is 0 Å². The molecule has 180 valence electrons. The van der Waals surface area contributed by atoms with Crippen molar-refractivity contribution in [3.8, 4) is 11.5 Å². The second kappa shape index (κ2) is 9.83. The fourth-order valence-electron chi connectivity index (χ4n) is 3.86. The molecule has 8 nitrogen and oxygen atoms in total. The lowest BCUT2D eigenvalue weighted by Gasteiger charge is -2.31. The lowest BCUT2D eigenvalue weighted by atomic mass is 10.0. The molecule has 1 N–H and O–H groups in total. The molecule has 1 aliphatic heterocycles. The standard InChI is InChI=1S/C27H21FN4O4/c1-17-2-4-18(5-3-17)25(26(33)31-20-8-6-19(28)7-9-20)32(27(34)22-15-29-12-13-30-22)21-10-11-23-24(14-21)36-16-35-23/h2-15,25H,16H2,1H3,(H,31,33). The molecular weight excluding hydrogens is 463 g/mol. The van der Waals surface area contributed by atoms with E-state index in [1.807, 2.05) is 19.1 Å². The molecule has 9 heteroatoms. The summed E-state index contributed by atoms with van der Waals surface area (Å²) in [6, 6.07) is 16.6. The highest BCUT2D eigenvalue weighted by atomic mass is 19.1. The third-order valence-electron chi connectivity index (χ3n) is 5.65. The molecule has 1 unspecified atom stereocenters. The molecule has 36 heavy (non-hydrogen) atoms. The van der Waals surface area contributed by atoms with Crippen molar-refractivity contribution in [3.63, 3.8) is 0 Å². The van der Waals surface area contributed by atoms with E-state index in [2.05, 4.69) is 15.3 Å². The van der Waals surface area contributed by atoms with Crippen molar-refractivity contribution >= 4 is 23.2 Å². The Balaban J connectivity index is 1.63. The van der Waals surface area contributed by atoms with Gasteiger partial charge in [0.05, 0.1) is 6.20 Å². The highest BCUT2D eigenvalue weighted by molar-refractivity contribution is 6.11. The first-order chi connectivity index (χ1) is 17.5. The molecule has 0 aliphatic carbocycles. The van der Waals surface area contributed by atoms with Gasteiger partial charge in [-0.2, -0.15) is 0 Å². The molecule has 3 aromatic carbocycles. The number of ether oxygens (including phenoxy) is 2. The third-order valence-corrected chi connectivity index (χ3v) is 5.65. The Morgan fingerprint density at radius 2 is 1.72 bits per heavy atom. The van der Waals surface area contributed by atoms with Crippen LogP contribution in [-0.2, 0) is 4.79 Å². The Morgan fingerprint density at radius 1 is 0.972 bits per heavy atom. The van der Waals surface area contributed by atoms with Crippen LogP contribution in [0, 0.1) is 12.7 Å². The number of hydrogen-bond donors (Lipinski definition) is 1. The van der Waals surface area contributed by atoms with Gasteiger partial charge < -0.3 is 14.8 Å². The Kier molecular flexibility index (Phi) is 6.27. The van der Waals surface area contributed by atoms with Crippen molar-refractivity contribution in [1.29, 1.82) is 0 Å². The van der Waals surface area contributed by atoms with Gasteiger partial charge in [0.2, 0.25) is 6.79 Å². The van der Waals surface area contributed by atoms with Crippen molar-refractivity contribution in [2.45, 2.75) is 13.0 Å². The van der Waals surface area contributed by atoms with Crippen molar-refractivity contribution in [1.82, 2.24) is 9.97 Å². The summed E-state index contributed by atoms with van der Waals surface area (Å²) >= 11 is 0. The number of rotatable bonds is 6. The van der Waals surface area contributed by atoms with Crippen molar-refractivity contribution in [3.05, 3.63) is 108 Å². The molecule has 5 rings (SSSR count). The van der Waals surface area contributed by atoms with Gasteiger partial charge >= 0.3 is 0 Å². The summed E-state index contributed by atoms with van der Waals surface area (Å²) in [5.74, 6) is -0.482. The van der Waals surface area contributed by atoms with Crippen LogP contribution >= 0.6 is 0 Å². The summed E-state index contributed by atoms with van der Waals surface area (Å²) in [5, 5.41) is 2.80. The topological polar surface area (TPSA) is 93.7 Å². The molecule has 2 amide bonds. The van der Waals surface area contributed by atoms with Gasteiger partial charge in [-0.15, -0.1) is 0 Å². The molecule has 1 aromatic heterocycles. The van der Waals surface area contributed by atoms with E-state index in [4.69, 9.17) is 9.47 Å². The van der Waals surface area contributed by atoms with E-state index in [0.717, 1.165) is 5.56 Å². The van der Waals surface area contributed by atoms with Gasteiger partial charge in [-0.3, -0.25) is 19.5 Å². The summed E-state index contributed by atoms with van der Waals surface area (Å²) in [4.78, 5) is 37.1. The van der Waals surface area contributed by atoms with Gasteiger partial charge in [0.25, 0.3) is 11.8 Å². The summed E-state index contributed by atoms with van der Waals surface area (Å²) in [6.07, 6.45) is 4.21. The zero-order valence-corrected chi connectivity index (χ0v) is 19.2. The monoisotopic (exact) mass is 484 g/mol. The average Bonchev–Trinajstić information content (AvgIpc) is 3.37. The number of fused-ring (bicyclic) bond motifs is 1. The maximum Gasteiger partial charge on any atom is 0.279 e. The average molecular weight is 484 g/mol. The Hall–Kier alpha value is -4.79. The largest absolute Gasteiger partial charge is 0.454 e. The van der Waals surface area contributed by atoms with Crippen LogP contribution in [0.2, 0.25) is 0 Å². The second-order valence-corrected chi connectivity index (χ2v) is 8.11. The molecule has 1 aliphatic rings. The van der Waals surface area contributed by atoms with Crippen LogP contribution in [0.15, 0.2) is 85.3 Å². The molecule has 4 aromatic rings. The minimum Gasteiger partial charge on any atom is -0.454 e. The first-order valence-corrected chi connectivity index (χ1v) is 11.1. The minimum atomic E-state index is -1.11. The maximum atomic E-state index is 13.9. The van der Waals surface area contributed by atoms with Crippen LogP contribution in [0.1, 0.15) is 27.7 Å². The predicted molar refractivity (Wildman–Crippen MR) is 130 cm³/mol. The minimum absolute atomic E-state index is 0.0573. The molecule has 0 saturated carbocycles. The van der Waals surface area contributed by atoms with E-state index in [1.54, 1.807) is 30.3 Å². The van der Waals surface area contributed by atoms with Crippen LogP contribution in [-0.4, -0.2) is 28.6 Å². The molecule has 1 atom stereocenters. The first-order valence-electron chi connectivity index (χ1n) is 11.1. The fourth-order valence-corrected chi connectivity index (χ4v) is 3.86. The zero-order chi connectivity index (χ0) is 25.1. The van der Waals surface area contributed by atoms with Crippen molar-refractivity contribution in [2.24, 2.45) is 0 Å². The number of anilines is 2. The molecule has 0 spiro atoms. The summed E-state index contributed by atoms with van der Waals surface area (Å²) in [5.41, 5.74) is 2.40. The normalized spacial score (nSPS) is 12.6. The predicted octanol–water partition coefficient (Wildman–Crippen LogP) is 4.68. The highest BCUT2D eigenvalue weighted by Crippen LogP contribution is 2.39. The lowest BCUT2D eigenvalue weighted by Crippen LogP contribution is -2.42. The number of hydrogen-bond acceptors (Lipinski definition) is 6. The second-order valence-electron chi connectivity index (χ2n) is 8.11. The van der Waals surface area contributed by atoms with E-state index in [9.17, 15) is 14.0 Å². The first kappa shape index (κ1) is 23.0. The number of aromatic nitrogens is 2. The SMILES string of the molecule is Cc1ccc(C(C(=O)Nc2ccc(F)cc2)N(C(=O)c2cnccn2)c2ccc3c(c2)OCO3)cc1. The third kappa shape index (κ3) is 4.72. The number of nitrogens with zero attached hydrogens (tertiary/aromatic N) is 3. The molecule has 0 radical (unpaired) electrons. The number of aryl methyl sites for hydroxylation is 1. The zero-order valence-electron chi connectivity index (χ0n) is 19.2. The smallest absolute Gasteiger partial charge is 0.279 e. The van der Waals surface area contributed by atoms with Crippen LogP contribution < -0.4 is 19.7 Å². The van der Waals surface area contributed by atoms with Gasteiger partial charge in [0.15, 0.2) is 11.5 Å². The van der Waals surface area contributed by atoms with Gasteiger partial charge in [0.1, 0.15) is 17.6 Å². The van der Waals surface area contributed by atoms with Gasteiger partial charge in [-0.05, 0) is 48.9 Å². The van der Waals surface area contributed by atoms with Crippen LogP contribution in [0.5, 0.6) is 11.5 Å². The maximum absolute atomic E-state index is 13.9. The molecule has 2 heterocycles. The van der Waals surface area contributed by atoms with Crippen molar-refractivity contribution < 1.29 is 23.5 Å². The molecule has 0 saturated heterocycles. The molecular formula is C27H21FN4O4. The Bertz CT molecular complexity index is 1400. The number of carbonyl (C=O) groups is 2. The van der Waals surface area contributed by atoms with E-state index in [1.165, 1.54) is 47.8 Å². The Labute approximate surface area is 206 Å². The summed E-state index contributed by atoms with van der Waals surface area (Å²) in [6.45, 7) is 1.99. The van der Waals surface area contributed by atoms with E-state index in [-0.39, 0.29) is 12.5 Å². The molecule has 0 fully saturated rings. The number of halogens is 1. The van der Waals surface area contributed by atoms with Crippen LogP contribution in [0.3, 0.4) is 0 Å². The number of benzene rings is 3. The van der Waals surface area contributed by atoms with Crippen molar-refractivity contribution in [2.75, 3.05) is 17.0 Å². The van der Waals surface area contributed by atoms with Crippen LogP contribution in [0.4, 0.5) is 15.8 Å². The van der Waals surface area contributed by atoms with E-state index in [0.29, 0.717) is 28.4 Å².